The third-order valence-electron chi connectivity index (χ3n) is 3.22. The third kappa shape index (κ3) is 7.44. The van der Waals surface area contributed by atoms with Crippen LogP contribution in [0, 0.1) is 5.92 Å². The lowest BCUT2D eigenvalue weighted by Crippen LogP contribution is -2.26. The summed E-state index contributed by atoms with van der Waals surface area (Å²) in [5.74, 6) is -0.904. The highest BCUT2D eigenvalue weighted by Gasteiger charge is 2.10. The number of carbonyl (C=O) groups is 3. The molecule has 0 aliphatic heterocycles. The Morgan fingerprint density at radius 1 is 1.17 bits per heavy atom. The van der Waals surface area contributed by atoms with E-state index in [-0.39, 0.29) is 24.2 Å². The Kier molecular flexibility index (Phi) is 7.80. The number of benzene rings is 1. The van der Waals surface area contributed by atoms with Crippen LogP contribution in [0.3, 0.4) is 0 Å². The van der Waals surface area contributed by atoms with E-state index in [1.807, 2.05) is 19.1 Å². The minimum absolute atomic E-state index is 0.284. The molecule has 0 radical (unpaired) electrons. The molecule has 1 rings (SSSR count). The average Bonchev–Trinajstić information content (AvgIpc) is 2.52. The SMILES string of the molecule is CCOC(=O)c1ccc(CC(C)CCC(=O)NOC(C)=O)cc1. The first kappa shape index (κ1) is 18.7. The summed E-state index contributed by atoms with van der Waals surface area (Å²) in [5, 5.41) is 0. The molecule has 0 saturated heterocycles. The number of nitrogens with one attached hydrogen (secondary N) is 1. The highest BCUT2D eigenvalue weighted by atomic mass is 16.7. The van der Waals surface area contributed by atoms with Crippen LogP contribution in [-0.2, 0) is 25.6 Å². The van der Waals surface area contributed by atoms with Gasteiger partial charge in [-0.3, -0.25) is 9.59 Å². The molecule has 1 N–H and O–H groups in total. The second kappa shape index (κ2) is 9.61. The van der Waals surface area contributed by atoms with Gasteiger partial charge in [0, 0.05) is 13.3 Å². The normalized spacial score (nSPS) is 11.4. The zero-order valence-corrected chi connectivity index (χ0v) is 13.8. The molecule has 0 saturated carbocycles. The van der Waals surface area contributed by atoms with Crippen LogP contribution in [0.25, 0.3) is 0 Å². The van der Waals surface area contributed by atoms with Gasteiger partial charge in [-0.2, -0.15) is 5.48 Å². The molecule has 0 heterocycles. The molecule has 0 aliphatic carbocycles. The predicted molar refractivity (Wildman–Crippen MR) is 84.4 cm³/mol. The molecule has 0 fully saturated rings. The molecule has 1 aromatic carbocycles. The van der Waals surface area contributed by atoms with Gasteiger partial charge in [-0.05, 0) is 43.4 Å². The summed E-state index contributed by atoms with van der Waals surface area (Å²) in [6.45, 7) is 5.39. The van der Waals surface area contributed by atoms with Gasteiger partial charge in [0.15, 0.2) is 0 Å². The Bertz CT molecular complexity index is 538. The Hall–Kier alpha value is -2.37. The van der Waals surface area contributed by atoms with E-state index < -0.39 is 5.97 Å². The molecule has 1 amide bonds. The lowest BCUT2D eigenvalue weighted by molar-refractivity contribution is -0.156. The quantitative estimate of drug-likeness (QED) is 0.616. The van der Waals surface area contributed by atoms with E-state index in [2.05, 4.69) is 10.3 Å². The van der Waals surface area contributed by atoms with E-state index in [0.29, 0.717) is 18.6 Å². The molecule has 6 nitrogen and oxygen atoms in total. The first-order valence-electron chi connectivity index (χ1n) is 7.64. The molecular formula is C17H23NO5. The zero-order valence-electron chi connectivity index (χ0n) is 13.8. The fourth-order valence-electron chi connectivity index (χ4n) is 2.05. The molecular weight excluding hydrogens is 298 g/mol. The monoisotopic (exact) mass is 321 g/mol. The van der Waals surface area contributed by atoms with Crippen LogP contribution in [0.1, 0.15) is 49.5 Å². The van der Waals surface area contributed by atoms with Gasteiger partial charge < -0.3 is 9.57 Å². The van der Waals surface area contributed by atoms with Crippen molar-refractivity contribution in [1.82, 2.24) is 5.48 Å². The highest BCUT2D eigenvalue weighted by Crippen LogP contribution is 2.15. The van der Waals surface area contributed by atoms with Gasteiger partial charge in [0.05, 0.1) is 12.2 Å². The van der Waals surface area contributed by atoms with Crippen molar-refractivity contribution in [3.05, 3.63) is 35.4 Å². The highest BCUT2D eigenvalue weighted by molar-refractivity contribution is 5.89. The molecule has 126 valence electrons. The van der Waals surface area contributed by atoms with Crippen LogP contribution in [0.15, 0.2) is 24.3 Å². The first-order chi connectivity index (χ1) is 10.9. The smallest absolute Gasteiger partial charge is 0.338 e. The summed E-state index contributed by atoms with van der Waals surface area (Å²) < 4.78 is 4.93. The van der Waals surface area contributed by atoms with Gasteiger partial charge in [0.25, 0.3) is 5.91 Å². The maximum absolute atomic E-state index is 11.6. The Labute approximate surface area is 136 Å². The molecule has 1 atom stereocenters. The second-order valence-electron chi connectivity index (χ2n) is 5.38. The number of rotatable bonds is 7. The van der Waals surface area contributed by atoms with Crippen LogP contribution < -0.4 is 5.48 Å². The van der Waals surface area contributed by atoms with Crippen molar-refractivity contribution in [3.8, 4) is 0 Å². The van der Waals surface area contributed by atoms with Crippen molar-refractivity contribution >= 4 is 17.8 Å². The van der Waals surface area contributed by atoms with E-state index >= 15 is 0 Å². The van der Waals surface area contributed by atoms with Crippen molar-refractivity contribution in [2.75, 3.05) is 6.61 Å². The summed E-state index contributed by atoms with van der Waals surface area (Å²) in [6.07, 6.45) is 1.76. The molecule has 0 aromatic heterocycles. The molecule has 1 unspecified atom stereocenters. The van der Waals surface area contributed by atoms with Crippen molar-refractivity contribution in [3.63, 3.8) is 0 Å². The topological polar surface area (TPSA) is 81.7 Å². The van der Waals surface area contributed by atoms with Gasteiger partial charge in [-0.1, -0.05) is 19.1 Å². The number of ether oxygens (including phenoxy) is 1. The minimum atomic E-state index is -0.548. The summed E-state index contributed by atoms with van der Waals surface area (Å²) in [5.41, 5.74) is 3.71. The lowest BCUT2D eigenvalue weighted by Gasteiger charge is -2.11. The number of hydrogen-bond donors (Lipinski definition) is 1. The van der Waals surface area contributed by atoms with E-state index in [9.17, 15) is 14.4 Å². The maximum atomic E-state index is 11.6. The third-order valence-corrected chi connectivity index (χ3v) is 3.22. The molecule has 6 heteroatoms. The maximum Gasteiger partial charge on any atom is 0.338 e. The molecule has 0 bridgehead atoms. The number of esters is 1. The van der Waals surface area contributed by atoms with Crippen molar-refractivity contribution in [1.29, 1.82) is 0 Å². The van der Waals surface area contributed by atoms with E-state index in [1.165, 1.54) is 6.92 Å². The average molecular weight is 321 g/mol. The Morgan fingerprint density at radius 3 is 2.39 bits per heavy atom. The Balaban J connectivity index is 2.39. The molecule has 0 spiro atoms. The molecule has 0 aliphatic rings. The number of carbonyl (C=O) groups excluding carboxylic acids is 3. The van der Waals surface area contributed by atoms with Crippen molar-refractivity contribution in [2.45, 2.75) is 40.0 Å². The van der Waals surface area contributed by atoms with Crippen LogP contribution in [-0.4, -0.2) is 24.5 Å². The van der Waals surface area contributed by atoms with Crippen molar-refractivity contribution in [2.24, 2.45) is 5.92 Å². The predicted octanol–water partition coefficient (Wildman–Crippen LogP) is 2.42. The van der Waals surface area contributed by atoms with Crippen LogP contribution in [0.5, 0.6) is 0 Å². The van der Waals surface area contributed by atoms with Crippen LogP contribution >= 0.6 is 0 Å². The van der Waals surface area contributed by atoms with Crippen LogP contribution in [0.2, 0.25) is 0 Å². The van der Waals surface area contributed by atoms with Gasteiger partial charge in [-0.25, -0.2) is 4.79 Å². The second-order valence-corrected chi connectivity index (χ2v) is 5.38. The van der Waals surface area contributed by atoms with Crippen molar-refractivity contribution < 1.29 is 24.0 Å². The van der Waals surface area contributed by atoms with Gasteiger partial charge in [-0.15, -0.1) is 0 Å². The van der Waals surface area contributed by atoms with E-state index in [1.54, 1.807) is 19.1 Å². The standard InChI is InChI=1S/C17H23NO5/c1-4-22-17(21)15-8-6-14(7-9-15)11-12(2)5-10-16(20)18-23-13(3)19/h6-9,12H,4-5,10-11H2,1-3H3,(H,18,20). The fourth-order valence-corrected chi connectivity index (χ4v) is 2.05. The molecule has 1 aromatic rings. The lowest BCUT2D eigenvalue weighted by atomic mass is 9.96. The van der Waals surface area contributed by atoms with Gasteiger partial charge in [0.2, 0.25) is 0 Å². The summed E-state index contributed by atoms with van der Waals surface area (Å²) in [4.78, 5) is 38.0. The van der Waals surface area contributed by atoms with Crippen LogP contribution in [0.4, 0.5) is 0 Å². The summed E-state index contributed by atoms with van der Waals surface area (Å²) >= 11 is 0. The largest absolute Gasteiger partial charge is 0.462 e. The number of amides is 1. The van der Waals surface area contributed by atoms with E-state index in [0.717, 1.165) is 12.0 Å². The number of hydrogen-bond acceptors (Lipinski definition) is 5. The summed E-state index contributed by atoms with van der Waals surface area (Å²) in [6, 6.07) is 7.27. The number of hydroxylamine groups is 1. The first-order valence-corrected chi connectivity index (χ1v) is 7.64. The fraction of sp³-hybridized carbons (Fsp3) is 0.471. The van der Waals surface area contributed by atoms with Gasteiger partial charge >= 0.3 is 11.9 Å². The van der Waals surface area contributed by atoms with E-state index in [4.69, 9.17) is 4.74 Å². The summed E-state index contributed by atoms with van der Waals surface area (Å²) in [7, 11) is 0. The zero-order chi connectivity index (χ0) is 17.2. The molecule has 23 heavy (non-hydrogen) atoms. The minimum Gasteiger partial charge on any atom is -0.462 e. The van der Waals surface area contributed by atoms with Gasteiger partial charge in [0.1, 0.15) is 0 Å². The Morgan fingerprint density at radius 2 is 1.83 bits per heavy atom.